The van der Waals surface area contributed by atoms with Crippen LogP contribution >= 0.6 is 0 Å². The molecule has 4 heterocycles. The van der Waals surface area contributed by atoms with Crippen molar-refractivity contribution in [2.75, 3.05) is 29.9 Å². The summed E-state index contributed by atoms with van der Waals surface area (Å²) in [6, 6.07) is 8.19. The van der Waals surface area contributed by atoms with E-state index in [1.54, 1.807) is 12.4 Å². The Morgan fingerprint density at radius 2 is 2.07 bits per heavy atom. The Bertz CT molecular complexity index is 984. The third-order valence-electron chi connectivity index (χ3n) is 4.30. The van der Waals surface area contributed by atoms with E-state index in [4.69, 9.17) is 4.42 Å². The van der Waals surface area contributed by atoms with Gasteiger partial charge in [0.05, 0.1) is 6.20 Å². The fourth-order valence-electron chi connectivity index (χ4n) is 2.91. The van der Waals surface area contributed by atoms with Gasteiger partial charge in [0.1, 0.15) is 23.9 Å². The third kappa shape index (κ3) is 3.74. The molecule has 1 aliphatic rings. The topological polar surface area (TPSA) is 96.2 Å². The molecule has 0 atom stereocenters. The first-order valence-corrected chi connectivity index (χ1v) is 8.74. The van der Waals surface area contributed by atoms with Crippen molar-refractivity contribution in [1.82, 2.24) is 20.3 Å². The van der Waals surface area contributed by atoms with E-state index >= 15 is 0 Å². The van der Waals surface area contributed by atoms with E-state index in [1.165, 1.54) is 0 Å². The number of rotatable bonds is 4. The summed E-state index contributed by atoms with van der Waals surface area (Å²) >= 11 is 0. The largest absolute Gasteiger partial charge is 0.422 e. The third-order valence-corrected chi connectivity index (χ3v) is 4.30. The van der Waals surface area contributed by atoms with E-state index in [0.717, 1.165) is 16.9 Å². The fourth-order valence-corrected chi connectivity index (χ4v) is 2.91. The molecule has 1 amide bonds. The number of aryl methyl sites for hydroxylation is 2. The van der Waals surface area contributed by atoms with Gasteiger partial charge in [0.2, 0.25) is 5.91 Å². The van der Waals surface area contributed by atoms with E-state index in [9.17, 15) is 4.79 Å². The number of carbonyl (C=O) groups excluding carboxylic acids is 1. The van der Waals surface area contributed by atoms with Crippen molar-refractivity contribution < 1.29 is 9.21 Å². The summed E-state index contributed by atoms with van der Waals surface area (Å²) in [7, 11) is 0. The number of pyridine rings is 2. The van der Waals surface area contributed by atoms with Crippen molar-refractivity contribution in [2.24, 2.45) is 0 Å². The molecule has 1 fully saturated rings. The Kier molecular flexibility index (Phi) is 4.45. The molecule has 4 rings (SSSR count). The van der Waals surface area contributed by atoms with Crippen LogP contribution in [0.3, 0.4) is 0 Å². The Morgan fingerprint density at radius 1 is 1.19 bits per heavy atom. The Labute approximate surface area is 156 Å². The quantitative estimate of drug-likeness (QED) is 0.734. The van der Waals surface area contributed by atoms with Crippen LogP contribution in [0.2, 0.25) is 0 Å². The lowest BCUT2D eigenvalue weighted by Gasteiger charge is -2.24. The number of aromatic nitrogens is 3. The molecule has 8 nitrogen and oxygen atoms in total. The van der Waals surface area contributed by atoms with Gasteiger partial charge in [0.15, 0.2) is 5.76 Å². The second-order valence-corrected chi connectivity index (χ2v) is 6.48. The minimum atomic E-state index is -0.0350. The average molecular weight is 364 g/mol. The van der Waals surface area contributed by atoms with Crippen LogP contribution in [0.4, 0.5) is 17.7 Å². The van der Waals surface area contributed by atoms with E-state index < -0.39 is 0 Å². The molecular weight excluding hydrogens is 344 g/mol. The zero-order valence-electron chi connectivity index (χ0n) is 15.2. The molecule has 0 spiro atoms. The Hall–Kier alpha value is -3.42. The highest BCUT2D eigenvalue weighted by Gasteiger charge is 2.21. The summed E-state index contributed by atoms with van der Waals surface area (Å²) in [5.74, 6) is 1.93. The van der Waals surface area contributed by atoms with Gasteiger partial charge in [-0.25, -0.2) is 15.0 Å². The van der Waals surface area contributed by atoms with Crippen molar-refractivity contribution >= 4 is 23.6 Å². The normalized spacial score (nSPS) is 14.1. The molecule has 0 unspecified atom stereocenters. The van der Waals surface area contributed by atoms with Crippen LogP contribution in [0.1, 0.15) is 11.1 Å². The molecule has 8 heteroatoms. The molecule has 0 bridgehead atoms. The lowest BCUT2D eigenvalue weighted by atomic mass is 10.2. The van der Waals surface area contributed by atoms with Crippen LogP contribution in [0.5, 0.6) is 0 Å². The number of anilines is 3. The number of oxazole rings is 1. The minimum Gasteiger partial charge on any atom is -0.422 e. The van der Waals surface area contributed by atoms with Crippen molar-refractivity contribution in [2.45, 2.75) is 13.8 Å². The van der Waals surface area contributed by atoms with Gasteiger partial charge < -0.3 is 20.0 Å². The van der Waals surface area contributed by atoms with Gasteiger partial charge in [-0.15, -0.1) is 0 Å². The fraction of sp³-hybridized carbons (Fsp3) is 0.263. The molecule has 27 heavy (non-hydrogen) atoms. The molecular formula is C19H20N6O2. The van der Waals surface area contributed by atoms with Crippen molar-refractivity contribution in [1.29, 1.82) is 0 Å². The highest BCUT2D eigenvalue weighted by atomic mass is 16.4. The molecule has 1 saturated heterocycles. The zero-order chi connectivity index (χ0) is 18.8. The molecule has 0 radical (unpaired) electrons. The maximum atomic E-state index is 11.6. The SMILES string of the molecule is Cc1ccnc(Nc2ccc(C)c(-c3cnc(N4CCNC(=O)C4)o3)n2)c1. The number of hydrogen-bond donors (Lipinski definition) is 2. The van der Waals surface area contributed by atoms with Gasteiger partial charge in [-0.05, 0) is 43.2 Å². The summed E-state index contributed by atoms with van der Waals surface area (Å²) < 4.78 is 5.89. The summed E-state index contributed by atoms with van der Waals surface area (Å²) in [5.41, 5.74) is 2.79. The second-order valence-electron chi connectivity index (χ2n) is 6.48. The first kappa shape index (κ1) is 17.0. The maximum Gasteiger partial charge on any atom is 0.298 e. The van der Waals surface area contributed by atoms with E-state index in [-0.39, 0.29) is 12.5 Å². The number of carbonyl (C=O) groups is 1. The summed E-state index contributed by atoms with van der Waals surface area (Å²) in [6.07, 6.45) is 3.40. The Morgan fingerprint density at radius 3 is 2.89 bits per heavy atom. The summed E-state index contributed by atoms with van der Waals surface area (Å²) in [4.78, 5) is 26.7. The standard InChI is InChI=1S/C19H20N6O2/c1-12-5-6-20-16(9-12)23-15-4-3-13(2)18(24-15)14-10-22-19(27-14)25-8-7-21-17(26)11-25/h3-6,9-10H,7-8,11H2,1-2H3,(H,21,26)(H,20,23,24). The first-order valence-electron chi connectivity index (χ1n) is 8.74. The van der Waals surface area contributed by atoms with E-state index in [0.29, 0.717) is 36.4 Å². The molecule has 1 aliphatic heterocycles. The molecule has 3 aromatic rings. The number of amides is 1. The van der Waals surface area contributed by atoms with Crippen LogP contribution in [0.15, 0.2) is 41.1 Å². The van der Waals surface area contributed by atoms with E-state index in [2.05, 4.69) is 25.6 Å². The number of nitrogens with zero attached hydrogens (tertiary/aromatic N) is 4. The predicted octanol–water partition coefficient (Wildman–Crippen LogP) is 2.43. The summed E-state index contributed by atoms with van der Waals surface area (Å²) in [5, 5.41) is 6.00. The molecule has 0 aliphatic carbocycles. The van der Waals surface area contributed by atoms with Crippen molar-refractivity contribution in [3.05, 3.63) is 47.8 Å². The van der Waals surface area contributed by atoms with Crippen LogP contribution in [-0.2, 0) is 4.79 Å². The molecule has 0 aromatic carbocycles. The molecule has 138 valence electrons. The Balaban J connectivity index is 1.59. The lowest BCUT2D eigenvalue weighted by Crippen LogP contribution is -2.47. The number of hydrogen-bond acceptors (Lipinski definition) is 7. The number of piperazine rings is 1. The molecule has 0 saturated carbocycles. The smallest absolute Gasteiger partial charge is 0.298 e. The van der Waals surface area contributed by atoms with Gasteiger partial charge in [-0.3, -0.25) is 4.79 Å². The van der Waals surface area contributed by atoms with Crippen molar-refractivity contribution in [3.8, 4) is 11.5 Å². The highest BCUT2D eigenvalue weighted by molar-refractivity contribution is 5.81. The van der Waals surface area contributed by atoms with Gasteiger partial charge in [-0.1, -0.05) is 6.07 Å². The first-order chi connectivity index (χ1) is 13.1. The van der Waals surface area contributed by atoms with E-state index in [1.807, 2.05) is 43.0 Å². The molecule has 2 N–H and O–H groups in total. The average Bonchev–Trinajstić information content (AvgIpc) is 3.13. The van der Waals surface area contributed by atoms with Crippen LogP contribution in [0, 0.1) is 13.8 Å². The monoisotopic (exact) mass is 364 g/mol. The van der Waals surface area contributed by atoms with Crippen LogP contribution < -0.4 is 15.5 Å². The second kappa shape index (κ2) is 7.06. The van der Waals surface area contributed by atoms with Crippen molar-refractivity contribution in [3.63, 3.8) is 0 Å². The zero-order valence-corrected chi connectivity index (χ0v) is 15.2. The maximum absolute atomic E-state index is 11.6. The minimum absolute atomic E-state index is 0.0350. The van der Waals surface area contributed by atoms with Crippen LogP contribution in [-0.4, -0.2) is 40.5 Å². The molecule has 3 aromatic heterocycles. The summed E-state index contributed by atoms with van der Waals surface area (Å²) in [6.45, 7) is 5.47. The van der Waals surface area contributed by atoms with Gasteiger partial charge in [-0.2, -0.15) is 0 Å². The van der Waals surface area contributed by atoms with Gasteiger partial charge in [0, 0.05) is 19.3 Å². The lowest BCUT2D eigenvalue weighted by molar-refractivity contribution is -0.120. The van der Waals surface area contributed by atoms with Crippen LogP contribution in [0.25, 0.3) is 11.5 Å². The highest BCUT2D eigenvalue weighted by Crippen LogP contribution is 2.27. The predicted molar refractivity (Wildman–Crippen MR) is 102 cm³/mol. The number of nitrogens with one attached hydrogen (secondary N) is 2. The van der Waals surface area contributed by atoms with Gasteiger partial charge >= 0.3 is 0 Å². The van der Waals surface area contributed by atoms with Gasteiger partial charge in [0.25, 0.3) is 6.01 Å².